The van der Waals surface area contributed by atoms with Gasteiger partial charge in [-0.3, -0.25) is 0 Å². The van der Waals surface area contributed by atoms with Crippen molar-refractivity contribution < 1.29 is 14.3 Å². The topological polar surface area (TPSA) is 66.2 Å². The summed E-state index contributed by atoms with van der Waals surface area (Å²) in [7, 11) is 1.30. The van der Waals surface area contributed by atoms with Gasteiger partial charge in [-0.15, -0.1) is 5.10 Å². The zero-order valence-electron chi connectivity index (χ0n) is 9.38. The number of benzene rings is 1. The molecule has 3 rings (SSSR count). The van der Waals surface area contributed by atoms with Crippen LogP contribution in [0.3, 0.4) is 0 Å². The van der Waals surface area contributed by atoms with Crippen molar-refractivity contribution in [1.82, 2.24) is 14.8 Å². The average molecular weight is 310 g/mol. The number of nitrogens with zero attached hydrogens (tertiary/aromatic N) is 3. The van der Waals surface area contributed by atoms with Crippen LogP contribution in [-0.2, 0) is 11.3 Å². The number of aromatic nitrogens is 3. The van der Waals surface area contributed by atoms with Gasteiger partial charge < -0.3 is 9.47 Å². The minimum absolute atomic E-state index is 0.0314. The van der Waals surface area contributed by atoms with Crippen molar-refractivity contribution in [3.05, 3.63) is 34.3 Å². The largest absolute Gasteiger partial charge is 0.482 e. The Bertz CT molecular complexity index is 638. The summed E-state index contributed by atoms with van der Waals surface area (Å²) in [6.45, 7) is 0.263. The molecule has 92 valence electrons. The zero-order valence-corrected chi connectivity index (χ0v) is 11.0. The van der Waals surface area contributed by atoms with E-state index in [1.54, 1.807) is 4.68 Å². The highest BCUT2D eigenvalue weighted by Gasteiger charge is 2.24. The molecule has 0 unspecified atom stereocenters. The molecule has 7 heteroatoms. The predicted molar refractivity (Wildman–Crippen MR) is 64.7 cm³/mol. The van der Waals surface area contributed by atoms with Crippen molar-refractivity contribution in [2.75, 3.05) is 7.11 Å². The molecule has 0 spiro atoms. The predicted octanol–water partition coefficient (Wildman–Crippen LogP) is 1.71. The van der Waals surface area contributed by atoms with E-state index in [-0.39, 0.29) is 12.4 Å². The number of ether oxygens (including phenoxy) is 2. The van der Waals surface area contributed by atoms with E-state index < -0.39 is 5.97 Å². The van der Waals surface area contributed by atoms with Crippen molar-refractivity contribution >= 4 is 21.9 Å². The maximum Gasteiger partial charge on any atom is 0.377 e. The molecule has 0 saturated carbocycles. The summed E-state index contributed by atoms with van der Waals surface area (Å²) in [6.07, 6.45) is 0. The molecule has 0 atom stereocenters. The van der Waals surface area contributed by atoms with Crippen molar-refractivity contribution in [3.63, 3.8) is 0 Å². The van der Waals surface area contributed by atoms with Crippen LogP contribution in [-0.4, -0.2) is 27.8 Å². The molecule has 6 nitrogen and oxygen atoms in total. The van der Waals surface area contributed by atoms with Gasteiger partial charge in [-0.2, -0.15) is 0 Å². The number of esters is 1. The van der Waals surface area contributed by atoms with Crippen molar-refractivity contribution in [3.8, 4) is 11.4 Å². The molecule has 1 aromatic heterocycles. The highest BCUT2D eigenvalue weighted by Crippen LogP contribution is 2.35. The normalized spacial score (nSPS) is 12.3. The minimum Gasteiger partial charge on any atom is -0.482 e. The van der Waals surface area contributed by atoms with E-state index in [0.717, 1.165) is 10.2 Å². The fourth-order valence-electron chi connectivity index (χ4n) is 1.75. The van der Waals surface area contributed by atoms with Crippen LogP contribution in [0.25, 0.3) is 5.69 Å². The lowest BCUT2D eigenvalue weighted by Crippen LogP contribution is -2.14. The van der Waals surface area contributed by atoms with Gasteiger partial charge in [0.15, 0.2) is 11.6 Å². The second-order valence-corrected chi connectivity index (χ2v) is 4.49. The number of hydrogen-bond donors (Lipinski definition) is 0. The minimum atomic E-state index is -0.562. The molecular weight excluding hydrogens is 302 g/mol. The zero-order chi connectivity index (χ0) is 12.7. The van der Waals surface area contributed by atoms with Gasteiger partial charge in [-0.1, -0.05) is 6.07 Å². The van der Waals surface area contributed by atoms with Gasteiger partial charge in [0.2, 0.25) is 0 Å². The average Bonchev–Trinajstić information content (AvgIpc) is 2.82. The van der Waals surface area contributed by atoms with Crippen molar-refractivity contribution in [2.24, 2.45) is 0 Å². The third-order valence-corrected chi connectivity index (χ3v) is 3.19. The number of halogens is 1. The third kappa shape index (κ3) is 1.59. The quantitative estimate of drug-likeness (QED) is 0.750. The Hall–Kier alpha value is -1.89. The lowest BCUT2D eigenvalue weighted by atomic mass is 10.2. The van der Waals surface area contributed by atoms with Crippen LogP contribution < -0.4 is 4.74 Å². The van der Waals surface area contributed by atoms with Gasteiger partial charge >= 0.3 is 5.97 Å². The summed E-state index contributed by atoms with van der Waals surface area (Å²) >= 11 is 3.41. The summed E-state index contributed by atoms with van der Waals surface area (Å²) in [5.74, 6) is 0.727. The van der Waals surface area contributed by atoms with E-state index >= 15 is 0 Å². The summed E-state index contributed by atoms with van der Waals surface area (Å²) < 4.78 is 12.6. The molecule has 0 N–H and O–H groups in total. The first-order valence-electron chi connectivity index (χ1n) is 5.16. The standard InChI is InChI=1S/C11H8BrN3O3/c1-17-11(16)10-13-8-5-18-9-6(12)3-2-4-7(9)15(8)14-10/h2-4H,5H2,1H3. The Morgan fingerprint density at radius 3 is 3.17 bits per heavy atom. The molecule has 2 aromatic rings. The van der Waals surface area contributed by atoms with E-state index in [4.69, 9.17) is 4.74 Å². The van der Waals surface area contributed by atoms with Gasteiger partial charge in [0.25, 0.3) is 5.82 Å². The van der Waals surface area contributed by atoms with Crippen LogP contribution in [0.4, 0.5) is 0 Å². The Morgan fingerprint density at radius 2 is 2.39 bits per heavy atom. The van der Waals surface area contributed by atoms with Crippen LogP contribution in [0, 0.1) is 0 Å². The number of carbonyl (C=O) groups is 1. The van der Waals surface area contributed by atoms with Gasteiger partial charge in [0.1, 0.15) is 12.3 Å². The second-order valence-electron chi connectivity index (χ2n) is 3.63. The smallest absolute Gasteiger partial charge is 0.377 e. The molecule has 0 radical (unpaired) electrons. The molecule has 0 amide bonds. The number of methoxy groups -OCH3 is 1. The number of hydrogen-bond acceptors (Lipinski definition) is 5. The number of carbonyl (C=O) groups excluding carboxylic acids is 1. The van der Waals surface area contributed by atoms with Crippen molar-refractivity contribution in [1.29, 1.82) is 0 Å². The number of rotatable bonds is 1. The summed E-state index contributed by atoms with van der Waals surface area (Å²) in [4.78, 5) is 15.5. The first-order chi connectivity index (χ1) is 8.70. The lowest BCUT2D eigenvalue weighted by molar-refractivity contribution is 0.0587. The molecule has 1 aromatic carbocycles. The summed E-state index contributed by atoms with van der Waals surface area (Å²) in [5.41, 5.74) is 0.744. The first-order valence-corrected chi connectivity index (χ1v) is 5.96. The van der Waals surface area contributed by atoms with Crippen LogP contribution in [0.1, 0.15) is 16.4 Å². The fourth-order valence-corrected chi connectivity index (χ4v) is 2.22. The van der Waals surface area contributed by atoms with Gasteiger partial charge in [-0.25, -0.2) is 14.5 Å². The van der Waals surface area contributed by atoms with Crippen LogP contribution in [0.2, 0.25) is 0 Å². The maximum absolute atomic E-state index is 11.4. The summed E-state index contributed by atoms with van der Waals surface area (Å²) in [5, 5.41) is 4.13. The molecule has 2 heterocycles. The monoisotopic (exact) mass is 309 g/mol. The van der Waals surface area contributed by atoms with Gasteiger partial charge in [0.05, 0.1) is 11.6 Å². The molecule has 0 aliphatic carbocycles. The van der Waals surface area contributed by atoms with E-state index in [0.29, 0.717) is 11.6 Å². The maximum atomic E-state index is 11.4. The molecule has 0 saturated heterocycles. The molecule has 1 aliphatic rings. The first kappa shape index (κ1) is 11.2. The molecule has 18 heavy (non-hydrogen) atoms. The Balaban J connectivity index is 2.16. The Morgan fingerprint density at radius 1 is 1.56 bits per heavy atom. The number of para-hydroxylation sites is 1. The molecular formula is C11H8BrN3O3. The fraction of sp³-hybridized carbons (Fsp3) is 0.182. The molecule has 0 fully saturated rings. The van der Waals surface area contributed by atoms with Gasteiger partial charge in [0, 0.05) is 0 Å². The van der Waals surface area contributed by atoms with Gasteiger partial charge in [-0.05, 0) is 28.1 Å². The van der Waals surface area contributed by atoms with Crippen LogP contribution in [0.5, 0.6) is 5.75 Å². The summed E-state index contributed by atoms with van der Waals surface area (Å²) in [6, 6.07) is 5.58. The van der Waals surface area contributed by atoms with Crippen LogP contribution in [0.15, 0.2) is 22.7 Å². The number of fused-ring (bicyclic) bond motifs is 3. The highest BCUT2D eigenvalue weighted by molar-refractivity contribution is 9.10. The molecule has 0 bridgehead atoms. The van der Waals surface area contributed by atoms with Crippen molar-refractivity contribution in [2.45, 2.75) is 6.61 Å². The lowest BCUT2D eigenvalue weighted by Gasteiger charge is -2.18. The highest BCUT2D eigenvalue weighted by atomic mass is 79.9. The van der Waals surface area contributed by atoms with E-state index in [2.05, 4.69) is 30.7 Å². The Kier molecular flexibility index (Phi) is 2.55. The Labute approximate surface area is 111 Å². The van der Waals surface area contributed by atoms with E-state index in [9.17, 15) is 4.79 Å². The second kappa shape index (κ2) is 4.09. The third-order valence-electron chi connectivity index (χ3n) is 2.56. The SMILES string of the molecule is COC(=O)c1nc2n(n1)-c1cccc(Br)c1OC2. The molecule has 1 aliphatic heterocycles. The van der Waals surface area contributed by atoms with Crippen LogP contribution >= 0.6 is 15.9 Å². The van der Waals surface area contributed by atoms with E-state index in [1.807, 2.05) is 18.2 Å². The van der Waals surface area contributed by atoms with E-state index in [1.165, 1.54) is 7.11 Å².